The molecular weight excluding hydrogens is 424 g/mol. The number of sulfone groups is 1. The van der Waals surface area contributed by atoms with Gasteiger partial charge in [-0.05, 0) is 42.9 Å². The smallest absolute Gasteiger partial charge is 0.243 e. The quantitative estimate of drug-likeness (QED) is 0.694. The third kappa shape index (κ3) is 4.57. The number of amides is 1. The number of carbonyl (C=O) groups is 1. The summed E-state index contributed by atoms with van der Waals surface area (Å²) >= 11 is 0. The van der Waals surface area contributed by atoms with Crippen LogP contribution in [0.1, 0.15) is 50.0 Å². The highest BCUT2D eigenvalue weighted by Crippen LogP contribution is 2.33. The van der Waals surface area contributed by atoms with Crippen molar-refractivity contribution in [3.8, 4) is 0 Å². The Hall–Kier alpha value is -1.45. The Balaban J connectivity index is 1.37. The fourth-order valence-electron chi connectivity index (χ4n) is 4.89. The summed E-state index contributed by atoms with van der Waals surface area (Å²) in [6.45, 7) is 1.07. The molecule has 0 radical (unpaired) electrons. The van der Waals surface area contributed by atoms with Gasteiger partial charge < -0.3 is 4.90 Å². The summed E-state index contributed by atoms with van der Waals surface area (Å²) in [5.41, 5.74) is 1.22. The summed E-state index contributed by atoms with van der Waals surface area (Å²) in [6, 6.07) is 7.31. The van der Waals surface area contributed by atoms with Crippen molar-refractivity contribution in [2.24, 2.45) is 5.92 Å². The molecule has 1 atom stereocenters. The molecule has 0 N–H and O–H groups in total. The summed E-state index contributed by atoms with van der Waals surface area (Å²) in [4.78, 5) is 14.5. The van der Waals surface area contributed by atoms with Crippen LogP contribution in [0.3, 0.4) is 0 Å². The molecule has 2 heterocycles. The maximum absolute atomic E-state index is 13.0. The number of rotatable bonds is 4. The van der Waals surface area contributed by atoms with E-state index >= 15 is 0 Å². The lowest BCUT2D eigenvalue weighted by Crippen LogP contribution is -2.52. The van der Waals surface area contributed by atoms with Crippen molar-refractivity contribution in [3.05, 3.63) is 29.8 Å². The fraction of sp³-hybridized carbons (Fsp3) is 0.667. The monoisotopic (exact) mass is 454 g/mol. The van der Waals surface area contributed by atoms with Crippen molar-refractivity contribution in [1.82, 2.24) is 9.21 Å². The Labute approximate surface area is 179 Å². The minimum absolute atomic E-state index is 0.0641. The average Bonchev–Trinajstić information content (AvgIpc) is 3.13. The number of hydrogen-bond donors (Lipinski definition) is 0. The predicted molar refractivity (Wildman–Crippen MR) is 114 cm³/mol. The average molecular weight is 455 g/mol. The van der Waals surface area contributed by atoms with Gasteiger partial charge in [-0.3, -0.25) is 4.79 Å². The number of nitrogens with zero attached hydrogens (tertiary/aromatic N) is 2. The molecule has 0 aromatic heterocycles. The standard InChI is InChI=1S/C21H30N2O5S2/c24-21(19-10-15-29(25,26)16-19)22-11-13-23(14-12-22)30(27,28)20-8-6-18(7-9-20)17-4-2-1-3-5-17/h6-9,17,19H,1-5,10-16H2/t19-/m1/s1. The lowest BCUT2D eigenvalue weighted by molar-refractivity contribution is -0.135. The molecular formula is C21H30N2O5S2. The van der Waals surface area contributed by atoms with E-state index in [2.05, 4.69) is 0 Å². The second kappa shape index (κ2) is 8.59. The Kier molecular flexibility index (Phi) is 6.23. The Morgan fingerprint density at radius 1 is 0.900 bits per heavy atom. The van der Waals surface area contributed by atoms with Gasteiger partial charge in [0.25, 0.3) is 0 Å². The van der Waals surface area contributed by atoms with Gasteiger partial charge in [0.1, 0.15) is 0 Å². The Morgan fingerprint density at radius 2 is 1.53 bits per heavy atom. The van der Waals surface area contributed by atoms with Gasteiger partial charge in [-0.1, -0.05) is 31.4 Å². The lowest BCUT2D eigenvalue weighted by atomic mass is 9.84. The van der Waals surface area contributed by atoms with E-state index in [1.54, 1.807) is 17.0 Å². The van der Waals surface area contributed by atoms with Gasteiger partial charge in [-0.25, -0.2) is 16.8 Å². The largest absolute Gasteiger partial charge is 0.340 e. The molecule has 1 aliphatic carbocycles. The molecule has 30 heavy (non-hydrogen) atoms. The highest BCUT2D eigenvalue weighted by Gasteiger charge is 2.37. The molecule has 7 nitrogen and oxygen atoms in total. The maximum atomic E-state index is 13.0. The molecule has 4 rings (SSSR count). The highest BCUT2D eigenvalue weighted by atomic mass is 32.2. The lowest BCUT2D eigenvalue weighted by Gasteiger charge is -2.35. The fourth-order valence-corrected chi connectivity index (χ4v) is 8.05. The zero-order chi connectivity index (χ0) is 21.4. The first-order valence-electron chi connectivity index (χ1n) is 10.9. The first-order valence-corrected chi connectivity index (χ1v) is 14.1. The van der Waals surface area contributed by atoms with Crippen LogP contribution in [0.2, 0.25) is 0 Å². The van der Waals surface area contributed by atoms with Crippen LogP contribution in [0.25, 0.3) is 0 Å². The zero-order valence-electron chi connectivity index (χ0n) is 17.2. The van der Waals surface area contributed by atoms with E-state index in [1.165, 1.54) is 42.0 Å². The molecule has 3 aliphatic rings. The first kappa shape index (κ1) is 21.8. The van der Waals surface area contributed by atoms with E-state index in [0.717, 1.165) is 0 Å². The van der Waals surface area contributed by atoms with Crippen molar-refractivity contribution in [1.29, 1.82) is 0 Å². The second-order valence-electron chi connectivity index (χ2n) is 8.73. The normalized spacial score (nSPS) is 26.0. The van der Waals surface area contributed by atoms with E-state index < -0.39 is 25.8 Å². The molecule has 1 amide bonds. The molecule has 2 saturated heterocycles. The molecule has 0 unspecified atom stereocenters. The third-order valence-electron chi connectivity index (χ3n) is 6.73. The second-order valence-corrected chi connectivity index (χ2v) is 12.9. The van der Waals surface area contributed by atoms with Crippen LogP contribution in [0, 0.1) is 5.92 Å². The summed E-state index contributed by atoms with van der Waals surface area (Å²) in [5.74, 6) is -0.133. The first-order chi connectivity index (χ1) is 14.3. The topological polar surface area (TPSA) is 91.8 Å². The van der Waals surface area contributed by atoms with Crippen molar-refractivity contribution >= 4 is 25.8 Å². The molecule has 3 fully saturated rings. The van der Waals surface area contributed by atoms with Crippen molar-refractivity contribution in [3.63, 3.8) is 0 Å². The van der Waals surface area contributed by atoms with Crippen LogP contribution in [-0.2, 0) is 24.7 Å². The Bertz CT molecular complexity index is 975. The van der Waals surface area contributed by atoms with Gasteiger partial charge in [0.05, 0.1) is 22.3 Å². The summed E-state index contributed by atoms with van der Waals surface area (Å²) in [5, 5.41) is 0. The van der Waals surface area contributed by atoms with Gasteiger partial charge in [-0.15, -0.1) is 0 Å². The van der Waals surface area contributed by atoms with Crippen LogP contribution < -0.4 is 0 Å². The van der Waals surface area contributed by atoms with Gasteiger partial charge in [0.15, 0.2) is 9.84 Å². The molecule has 0 bridgehead atoms. The van der Waals surface area contributed by atoms with E-state index in [1.807, 2.05) is 12.1 Å². The Morgan fingerprint density at radius 3 is 2.10 bits per heavy atom. The van der Waals surface area contributed by atoms with Crippen molar-refractivity contribution in [2.75, 3.05) is 37.7 Å². The summed E-state index contributed by atoms with van der Waals surface area (Å²) in [7, 11) is -6.71. The molecule has 9 heteroatoms. The van der Waals surface area contributed by atoms with Crippen molar-refractivity contribution < 1.29 is 21.6 Å². The maximum Gasteiger partial charge on any atom is 0.243 e. The number of sulfonamides is 1. The van der Waals surface area contributed by atoms with Crippen molar-refractivity contribution in [2.45, 2.75) is 49.3 Å². The predicted octanol–water partition coefficient (Wildman–Crippen LogP) is 2.00. The molecule has 2 aliphatic heterocycles. The number of carbonyl (C=O) groups excluding carboxylic acids is 1. The molecule has 1 aromatic carbocycles. The summed E-state index contributed by atoms with van der Waals surface area (Å²) < 4.78 is 50.8. The molecule has 1 saturated carbocycles. The van der Waals surface area contributed by atoms with Crippen LogP contribution in [0.15, 0.2) is 29.2 Å². The molecule has 1 aromatic rings. The summed E-state index contributed by atoms with van der Waals surface area (Å²) in [6.07, 6.45) is 6.47. The minimum Gasteiger partial charge on any atom is -0.340 e. The SMILES string of the molecule is O=C([C@@H]1CCS(=O)(=O)C1)N1CCN(S(=O)(=O)c2ccc(C3CCCCC3)cc2)CC1. The van der Waals surface area contributed by atoms with Crippen LogP contribution in [0.4, 0.5) is 0 Å². The highest BCUT2D eigenvalue weighted by molar-refractivity contribution is 7.91. The third-order valence-corrected chi connectivity index (χ3v) is 10.4. The van der Waals surface area contributed by atoms with E-state index in [4.69, 9.17) is 0 Å². The van der Waals surface area contributed by atoms with Gasteiger partial charge in [-0.2, -0.15) is 4.31 Å². The van der Waals surface area contributed by atoms with E-state index in [0.29, 0.717) is 30.3 Å². The van der Waals surface area contributed by atoms with Gasteiger partial charge in [0, 0.05) is 26.2 Å². The van der Waals surface area contributed by atoms with E-state index in [9.17, 15) is 21.6 Å². The van der Waals surface area contributed by atoms with Gasteiger partial charge in [0.2, 0.25) is 15.9 Å². The number of hydrogen-bond acceptors (Lipinski definition) is 5. The van der Waals surface area contributed by atoms with Crippen LogP contribution >= 0.6 is 0 Å². The number of benzene rings is 1. The van der Waals surface area contributed by atoms with Crippen LogP contribution in [-0.4, -0.2) is 69.6 Å². The van der Waals surface area contributed by atoms with E-state index in [-0.39, 0.29) is 30.5 Å². The number of piperazine rings is 1. The van der Waals surface area contributed by atoms with Crippen LogP contribution in [0.5, 0.6) is 0 Å². The van der Waals surface area contributed by atoms with Gasteiger partial charge >= 0.3 is 0 Å². The minimum atomic E-state index is -3.60. The molecule has 166 valence electrons. The zero-order valence-corrected chi connectivity index (χ0v) is 18.8. The molecule has 0 spiro atoms.